The molecule has 0 amide bonds. The van der Waals surface area contributed by atoms with Gasteiger partial charge in [0.1, 0.15) is 12.2 Å². The molecule has 2 N–H and O–H groups in total. The molecular weight excluding hydrogens is 244 g/mol. The van der Waals surface area contributed by atoms with Crippen molar-refractivity contribution in [2.24, 2.45) is 23.2 Å². The summed E-state index contributed by atoms with van der Waals surface area (Å²) in [7, 11) is 0. The molecule has 0 aromatic heterocycles. The molecule has 0 aromatic rings. The Balaban J connectivity index is 2.41. The first-order chi connectivity index (χ1) is 8.70. The van der Waals surface area contributed by atoms with Crippen molar-refractivity contribution in [3.8, 4) is 0 Å². The number of aliphatic hydroxyl groups is 2. The first kappa shape index (κ1) is 14.4. The SMILES string of the molecule is C=C(C)[C@@H]1C[C@H]2[C@H](C)C(=O)[C@H](O)C[C@@]2(C)C(=O)[C@H]1O. The zero-order valence-electron chi connectivity index (χ0n) is 11.7. The van der Waals surface area contributed by atoms with Gasteiger partial charge < -0.3 is 10.2 Å². The maximum Gasteiger partial charge on any atom is 0.168 e. The maximum atomic E-state index is 12.5. The summed E-state index contributed by atoms with van der Waals surface area (Å²) in [4.78, 5) is 24.4. The van der Waals surface area contributed by atoms with E-state index in [1.807, 2.05) is 0 Å². The lowest BCUT2D eigenvalue weighted by Crippen LogP contribution is -2.59. The number of rotatable bonds is 1. The van der Waals surface area contributed by atoms with E-state index >= 15 is 0 Å². The van der Waals surface area contributed by atoms with E-state index in [0.717, 1.165) is 5.57 Å². The minimum absolute atomic E-state index is 0.124. The average Bonchev–Trinajstić information content (AvgIpc) is 2.32. The summed E-state index contributed by atoms with van der Waals surface area (Å²) in [6, 6.07) is 0. The number of hydrogen-bond donors (Lipinski definition) is 2. The van der Waals surface area contributed by atoms with Gasteiger partial charge in [-0.2, -0.15) is 0 Å². The van der Waals surface area contributed by atoms with E-state index in [1.54, 1.807) is 20.8 Å². The molecule has 0 aromatic carbocycles. The van der Waals surface area contributed by atoms with Crippen LogP contribution in [0.2, 0.25) is 0 Å². The second kappa shape index (κ2) is 4.53. The minimum Gasteiger partial charge on any atom is -0.385 e. The second-order valence-corrected chi connectivity index (χ2v) is 6.43. The van der Waals surface area contributed by atoms with Gasteiger partial charge in [0.15, 0.2) is 11.6 Å². The Morgan fingerprint density at radius 3 is 2.47 bits per heavy atom. The molecule has 0 spiro atoms. The van der Waals surface area contributed by atoms with E-state index in [1.165, 1.54) is 0 Å². The molecule has 0 heterocycles. The highest BCUT2D eigenvalue weighted by molar-refractivity contribution is 5.95. The maximum absolute atomic E-state index is 12.5. The Morgan fingerprint density at radius 2 is 1.95 bits per heavy atom. The van der Waals surface area contributed by atoms with Crippen molar-refractivity contribution in [2.45, 2.75) is 45.8 Å². The summed E-state index contributed by atoms with van der Waals surface area (Å²) in [5, 5.41) is 20.0. The van der Waals surface area contributed by atoms with E-state index in [2.05, 4.69) is 6.58 Å². The van der Waals surface area contributed by atoms with Crippen LogP contribution in [0.15, 0.2) is 12.2 Å². The summed E-state index contributed by atoms with van der Waals surface area (Å²) in [6.07, 6.45) is -1.45. The predicted octanol–water partition coefficient (Wildman–Crippen LogP) is 1.10. The normalized spacial score (nSPS) is 46.9. The summed E-state index contributed by atoms with van der Waals surface area (Å²) in [6.45, 7) is 9.18. The van der Waals surface area contributed by atoms with Crippen molar-refractivity contribution in [3.05, 3.63) is 12.2 Å². The highest BCUT2D eigenvalue weighted by atomic mass is 16.3. The first-order valence-corrected chi connectivity index (χ1v) is 6.79. The molecule has 0 saturated heterocycles. The number of aliphatic hydroxyl groups excluding tert-OH is 2. The molecule has 2 aliphatic carbocycles. The standard InChI is InChI=1S/C15H22O4/c1-7(2)9-5-10-8(3)12(17)11(16)6-15(10,4)14(19)13(9)18/h8-11,13,16,18H,1,5-6H2,2-4H3/t8-,9-,10-,11+,13-,15+/m0/s1. The number of ketones is 2. The zero-order chi connectivity index (χ0) is 14.5. The molecule has 19 heavy (non-hydrogen) atoms. The molecule has 0 aliphatic heterocycles. The molecule has 106 valence electrons. The van der Waals surface area contributed by atoms with E-state index in [4.69, 9.17) is 0 Å². The van der Waals surface area contributed by atoms with Crippen LogP contribution in [0.25, 0.3) is 0 Å². The Morgan fingerprint density at radius 1 is 1.37 bits per heavy atom. The minimum atomic E-state index is -1.09. The van der Waals surface area contributed by atoms with Crippen molar-refractivity contribution >= 4 is 11.6 Å². The zero-order valence-corrected chi connectivity index (χ0v) is 11.7. The van der Waals surface area contributed by atoms with Crippen molar-refractivity contribution in [3.63, 3.8) is 0 Å². The summed E-state index contributed by atoms with van der Waals surface area (Å²) >= 11 is 0. The van der Waals surface area contributed by atoms with Crippen molar-refractivity contribution < 1.29 is 19.8 Å². The van der Waals surface area contributed by atoms with Crippen molar-refractivity contribution in [1.82, 2.24) is 0 Å². The van der Waals surface area contributed by atoms with Gasteiger partial charge in [0.25, 0.3) is 0 Å². The molecule has 6 atom stereocenters. The van der Waals surface area contributed by atoms with Crippen LogP contribution in [0.5, 0.6) is 0 Å². The molecule has 2 saturated carbocycles. The highest BCUT2D eigenvalue weighted by Gasteiger charge is 2.58. The lowest BCUT2D eigenvalue weighted by atomic mass is 9.52. The summed E-state index contributed by atoms with van der Waals surface area (Å²) in [5.41, 5.74) is -0.0355. The molecule has 2 aliphatic rings. The van der Waals surface area contributed by atoms with Gasteiger partial charge in [-0.15, -0.1) is 0 Å². The number of Topliss-reactive ketones (excluding diaryl/α,β-unsaturated/α-hetero) is 2. The fraction of sp³-hybridized carbons (Fsp3) is 0.733. The third kappa shape index (κ3) is 1.98. The van der Waals surface area contributed by atoms with Crippen molar-refractivity contribution in [2.75, 3.05) is 0 Å². The van der Waals surface area contributed by atoms with Gasteiger partial charge in [-0.1, -0.05) is 26.0 Å². The molecular formula is C15H22O4. The van der Waals surface area contributed by atoms with Gasteiger partial charge >= 0.3 is 0 Å². The Labute approximate surface area is 113 Å². The van der Waals surface area contributed by atoms with E-state index in [-0.39, 0.29) is 35.7 Å². The molecule has 2 rings (SSSR count). The van der Waals surface area contributed by atoms with Crippen LogP contribution in [0, 0.1) is 23.2 Å². The Kier molecular flexibility index (Phi) is 3.43. The number of carbonyl (C=O) groups is 2. The molecule has 0 radical (unpaired) electrons. The number of carbonyl (C=O) groups excluding carboxylic acids is 2. The fourth-order valence-electron chi connectivity index (χ4n) is 3.85. The highest BCUT2D eigenvalue weighted by Crippen LogP contribution is 2.52. The van der Waals surface area contributed by atoms with Crippen LogP contribution in [-0.2, 0) is 9.59 Å². The van der Waals surface area contributed by atoms with Gasteiger partial charge in [0.05, 0.1) is 0 Å². The monoisotopic (exact) mass is 266 g/mol. The third-order valence-electron chi connectivity index (χ3n) is 5.17. The Hall–Kier alpha value is -1.00. The lowest BCUT2D eigenvalue weighted by molar-refractivity contribution is -0.165. The van der Waals surface area contributed by atoms with Gasteiger partial charge in [-0.3, -0.25) is 9.59 Å². The number of hydrogen-bond acceptors (Lipinski definition) is 4. The van der Waals surface area contributed by atoms with Crippen LogP contribution in [0.1, 0.15) is 33.6 Å². The van der Waals surface area contributed by atoms with Crippen LogP contribution >= 0.6 is 0 Å². The molecule has 4 heteroatoms. The van der Waals surface area contributed by atoms with Crippen LogP contribution in [0.4, 0.5) is 0 Å². The smallest absolute Gasteiger partial charge is 0.168 e. The van der Waals surface area contributed by atoms with Crippen LogP contribution in [0.3, 0.4) is 0 Å². The predicted molar refractivity (Wildman–Crippen MR) is 70.3 cm³/mol. The largest absolute Gasteiger partial charge is 0.385 e. The lowest BCUT2D eigenvalue weighted by Gasteiger charge is -2.51. The summed E-state index contributed by atoms with van der Waals surface area (Å²) in [5.74, 6) is -1.20. The molecule has 0 bridgehead atoms. The van der Waals surface area contributed by atoms with Crippen LogP contribution < -0.4 is 0 Å². The fourth-order valence-corrected chi connectivity index (χ4v) is 3.85. The quantitative estimate of drug-likeness (QED) is 0.697. The summed E-state index contributed by atoms with van der Waals surface area (Å²) < 4.78 is 0. The van der Waals surface area contributed by atoms with E-state index in [0.29, 0.717) is 6.42 Å². The molecule has 4 nitrogen and oxygen atoms in total. The van der Waals surface area contributed by atoms with Gasteiger partial charge in [-0.25, -0.2) is 0 Å². The molecule has 2 fully saturated rings. The van der Waals surface area contributed by atoms with Crippen LogP contribution in [-0.4, -0.2) is 34.0 Å². The van der Waals surface area contributed by atoms with E-state index < -0.39 is 17.6 Å². The average molecular weight is 266 g/mol. The van der Waals surface area contributed by atoms with Gasteiger partial charge in [-0.05, 0) is 25.7 Å². The topological polar surface area (TPSA) is 74.6 Å². The number of fused-ring (bicyclic) bond motifs is 1. The molecule has 0 unspecified atom stereocenters. The van der Waals surface area contributed by atoms with Gasteiger partial charge in [0, 0.05) is 17.3 Å². The first-order valence-electron chi connectivity index (χ1n) is 6.79. The van der Waals surface area contributed by atoms with Crippen molar-refractivity contribution in [1.29, 1.82) is 0 Å². The third-order valence-corrected chi connectivity index (χ3v) is 5.17. The van der Waals surface area contributed by atoms with E-state index in [9.17, 15) is 19.8 Å². The van der Waals surface area contributed by atoms with Gasteiger partial charge in [0.2, 0.25) is 0 Å². The second-order valence-electron chi connectivity index (χ2n) is 6.43. The Bertz CT molecular complexity index is 441.